The zero-order chi connectivity index (χ0) is 26.8. The van der Waals surface area contributed by atoms with Crippen LogP contribution < -0.4 is 14.8 Å². The Balaban J connectivity index is 1.41. The lowest BCUT2D eigenvalue weighted by molar-refractivity contribution is -0.188. The van der Waals surface area contributed by atoms with Crippen LogP contribution in [-0.2, 0) is 27.5 Å². The highest BCUT2D eigenvalue weighted by molar-refractivity contribution is 5.91. The average Bonchev–Trinajstić information content (AvgIpc) is 3.36. The molecule has 3 aliphatic heterocycles. The topological polar surface area (TPSA) is 132 Å². The Morgan fingerprint density at radius 1 is 1.05 bits per heavy atom. The van der Waals surface area contributed by atoms with Crippen LogP contribution in [0.2, 0.25) is 0 Å². The Labute approximate surface area is 219 Å². The molecular weight excluding hydrogens is 494 g/mol. The Bertz CT molecular complexity index is 1240. The van der Waals surface area contributed by atoms with Gasteiger partial charge in [0.15, 0.2) is 11.5 Å². The zero-order valence-electron chi connectivity index (χ0n) is 20.9. The number of piperazine rings is 1. The van der Waals surface area contributed by atoms with Crippen molar-refractivity contribution in [1.82, 2.24) is 25.1 Å². The first kappa shape index (κ1) is 25.3. The standard InChI is InChI=1S/C26H29N5O7/c1-28-15-23(32)30-19(8-10-24(33)34)25(35)29(13-18-7-9-20-21(11-18)38-16-37-20)14-22(30)31(28)26(36)27-12-17-5-3-2-4-6-17/h2-7,9,11,19,22H,8,10,12-16H2,1H3,(H,27,36)(H,33,34)/t19?,22-/m0/s1. The van der Waals surface area contributed by atoms with Gasteiger partial charge in [-0.15, -0.1) is 0 Å². The van der Waals surface area contributed by atoms with E-state index in [9.17, 15) is 24.3 Å². The molecular formula is C26H29N5O7. The molecule has 38 heavy (non-hydrogen) atoms. The molecule has 2 atom stereocenters. The highest BCUT2D eigenvalue weighted by Gasteiger charge is 2.50. The third kappa shape index (κ3) is 5.07. The van der Waals surface area contributed by atoms with Crippen LogP contribution >= 0.6 is 0 Å². The summed E-state index contributed by atoms with van der Waals surface area (Å²) in [7, 11) is 1.64. The number of likely N-dealkylation sites (N-methyl/N-ethyl adjacent to an activating group) is 1. The number of urea groups is 1. The number of nitrogens with one attached hydrogen (secondary N) is 1. The second-order valence-corrected chi connectivity index (χ2v) is 9.44. The van der Waals surface area contributed by atoms with E-state index in [0.29, 0.717) is 11.5 Å². The lowest BCUT2D eigenvalue weighted by Gasteiger charge is -2.54. The van der Waals surface area contributed by atoms with Crippen molar-refractivity contribution in [2.24, 2.45) is 0 Å². The van der Waals surface area contributed by atoms with E-state index < -0.39 is 24.2 Å². The molecule has 0 bridgehead atoms. The maximum absolute atomic E-state index is 13.6. The number of hydrazine groups is 1. The van der Waals surface area contributed by atoms with Crippen LogP contribution in [0, 0.1) is 0 Å². The van der Waals surface area contributed by atoms with E-state index in [1.165, 1.54) is 14.9 Å². The van der Waals surface area contributed by atoms with Gasteiger partial charge in [0.05, 0.1) is 13.1 Å². The van der Waals surface area contributed by atoms with Crippen molar-refractivity contribution in [1.29, 1.82) is 0 Å². The lowest BCUT2D eigenvalue weighted by Crippen LogP contribution is -2.75. The van der Waals surface area contributed by atoms with Crippen molar-refractivity contribution in [2.45, 2.75) is 38.1 Å². The van der Waals surface area contributed by atoms with Crippen molar-refractivity contribution in [3.63, 3.8) is 0 Å². The van der Waals surface area contributed by atoms with Crippen LogP contribution in [0.5, 0.6) is 11.5 Å². The molecule has 0 aromatic heterocycles. The van der Waals surface area contributed by atoms with Gasteiger partial charge < -0.3 is 29.7 Å². The number of ether oxygens (including phenoxy) is 2. The summed E-state index contributed by atoms with van der Waals surface area (Å²) in [6, 6.07) is 13.4. The normalized spacial score (nSPS) is 20.9. The van der Waals surface area contributed by atoms with Crippen molar-refractivity contribution >= 4 is 23.8 Å². The number of carboxylic acids is 1. The number of fused-ring (bicyclic) bond motifs is 2. The second-order valence-electron chi connectivity index (χ2n) is 9.44. The zero-order valence-corrected chi connectivity index (χ0v) is 20.9. The monoisotopic (exact) mass is 523 g/mol. The maximum atomic E-state index is 13.6. The summed E-state index contributed by atoms with van der Waals surface area (Å²) in [5, 5.41) is 15.2. The molecule has 0 saturated carbocycles. The van der Waals surface area contributed by atoms with Crippen molar-refractivity contribution in [3.05, 3.63) is 59.7 Å². The van der Waals surface area contributed by atoms with E-state index in [0.717, 1.165) is 11.1 Å². The Hall–Kier alpha value is -4.32. The van der Waals surface area contributed by atoms with Crippen molar-refractivity contribution < 1.29 is 33.8 Å². The molecule has 1 unspecified atom stereocenters. The van der Waals surface area contributed by atoms with Gasteiger partial charge in [-0.3, -0.25) is 14.4 Å². The molecule has 3 aliphatic rings. The summed E-state index contributed by atoms with van der Waals surface area (Å²) in [5.74, 6) is -0.574. The van der Waals surface area contributed by atoms with Gasteiger partial charge in [0.2, 0.25) is 18.6 Å². The van der Waals surface area contributed by atoms with Gasteiger partial charge >= 0.3 is 12.0 Å². The number of carbonyl (C=O) groups excluding carboxylic acids is 3. The fourth-order valence-electron chi connectivity index (χ4n) is 5.10. The number of rotatable bonds is 7. The third-order valence-electron chi connectivity index (χ3n) is 6.88. The number of benzene rings is 2. The van der Waals surface area contributed by atoms with Crippen molar-refractivity contribution in [2.75, 3.05) is 26.9 Å². The molecule has 2 aromatic rings. The molecule has 200 valence electrons. The van der Waals surface area contributed by atoms with Gasteiger partial charge in [0, 0.05) is 26.6 Å². The third-order valence-corrected chi connectivity index (χ3v) is 6.88. The second kappa shape index (κ2) is 10.6. The smallest absolute Gasteiger partial charge is 0.334 e. The van der Waals surface area contributed by atoms with Crippen LogP contribution in [0.25, 0.3) is 0 Å². The lowest BCUT2D eigenvalue weighted by atomic mass is 10.0. The van der Waals surface area contributed by atoms with E-state index in [2.05, 4.69) is 5.32 Å². The van der Waals surface area contributed by atoms with E-state index >= 15 is 0 Å². The first-order valence-electron chi connectivity index (χ1n) is 12.3. The van der Waals surface area contributed by atoms with Crippen LogP contribution in [0.4, 0.5) is 4.79 Å². The fraction of sp³-hybridized carbons (Fsp3) is 0.385. The number of carbonyl (C=O) groups is 4. The van der Waals surface area contributed by atoms with E-state index in [1.54, 1.807) is 24.1 Å². The van der Waals surface area contributed by atoms with Gasteiger partial charge in [-0.25, -0.2) is 14.8 Å². The van der Waals surface area contributed by atoms with Gasteiger partial charge in [-0.2, -0.15) is 0 Å². The van der Waals surface area contributed by atoms with E-state index in [-0.39, 0.29) is 57.6 Å². The minimum absolute atomic E-state index is 0.0583. The van der Waals surface area contributed by atoms with Crippen LogP contribution in [-0.4, -0.2) is 87.9 Å². The summed E-state index contributed by atoms with van der Waals surface area (Å²) in [5.41, 5.74) is 1.69. The fourth-order valence-corrected chi connectivity index (χ4v) is 5.10. The number of aliphatic carboxylic acids is 1. The first-order chi connectivity index (χ1) is 18.3. The summed E-state index contributed by atoms with van der Waals surface area (Å²) in [6.07, 6.45) is -1.15. The SMILES string of the molecule is CN1CC(=O)N2C(CCC(=O)O)C(=O)N(Cc3ccc4c(c3)OCO4)C[C@@H]2N1C(=O)NCc1ccccc1. The molecule has 3 heterocycles. The number of carboxylic acid groups (broad SMARTS) is 1. The predicted octanol–water partition coefficient (Wildman–Crippen LogP) is 1.22. The molecule has 12 nitrogen and oxygen atoms in total. The first-order valence-corrected chi connectivity index (χ1v) is 12.3. The number of nitrogens with zero attached hydrogens (tertiary/aromatic N) is 4. The Morgan fingerprint density at radius 2 is 1.82 bits per heavy atom. The highest BCUT2D eigenvalue weighted by Crippen LogP contribution is 2.34. The summed E-state index contributed by atoms with van der Waals surface area (Å²) in [4.78, 5) is 54.5. The number of amides is 4. The van der Waals surface area contributed by atoms with E-state index in [1.807, 2.05) is 36.4 Å². The minimum Gasteiger partial charge on any atom is -0.481 e. The van der Waals surface area contributed by atoms with Gasteiger partial charge in [-0.1, -0.05) is 36.4 Å². The summed E-state index contributed by atoms with van der Waals surface area (Å²) >= 11 is 0. The quantitative estimate of drug-likeness (QED) is 0.554. The molecule has 0 spiro atoms. The number of hydrogen-bond donors (Lipinski definition) is 2. The Morgan fingerprint density at radius 3 is 2.58 bits per heavy atom. The molecule has 5 rings (SSSR count). The summed E-state index contributed by atoms with van der Waals surface area (Å²) < 4.78 is 10.8. The predicted molar refractivity (Wildman–Crippen MR) is 132 cm³/mol. The maximum Gasteiger partial charge on any atom is 0.334 e. The van der Waals surface area contributed by atoms with Gasteiger partial charge in [0.25, 0.3) is 0 Å². The molecule has 2 aromatic carbocycles. The minimum atomic E-state index is -1.07. The van der Waals surface area contributed by atoms with Crippen LogP contribution in [0.15, 0.2) is 48.5 Å². The summed E-state index contributed by atoms with van der Waals surface area (Å²) in [6.45, 7) is 0.547. The van der Waals surface area contributed by atoms with Gasteiger partial charge in [-0.05, 0) is 29.7 Å². The van der Waals surface area contributed by atoms with Crippen molar-refractivity contribution in [3.8, 4) is 11.5 Å². The molecule has 2 saturated heterocycles. The van der Waals surface area contributed by atoms with Gasteiger partial charge in [0.1, 0.15) is 12.2 Å². The molecule has 4 amide bonds. The van der Waals surface area contributed by atoms with Crippen LogP contribution in [0.3, 0.4) is 0 Å². The average molecular weight is 524 g/mol. The molecule has 12 heteroatoms. The highest BCUT2D eigenvalue weighted by atomic mass is 16.7. The molecule has 2 fully saturated rings. The molecule has 0 aliphatic carbocycles. The molecule has 2 N–H and O–H groups in total. The number of hydrogen-bond acceptors (Lipinski definition) is 7. The largest absolute Gasteiger partial charge is 0.481 e. The van der Waals surface area contributed by atoms with E-state index in [4.69, 9.17) is 9.47 Å². The van der Waals surface area contributed by atoms with Crippen LogP contribution in [0.1, 0.15) is 24.0 Å². The molecule has 0 radical (unpaired) electrons. The Kier molecular flexibility index (Phi) is 7.05.